The average molecular weight is 330 g/mol. The molecular formula is C22H22N2O. The molecule has 0 saturated heterocycles. The summed E-state index contributed by atoms with van der Waals surface area (Å²) in [5, 5.41) is 3.09. The van der Waals surface area contributed by atoms with Crippen LogP contribution in [0.5, 0.6) is 0 Å². The zero-order chi connectivity index (χ0) is 17.5. The standard InChI is InChI=1S/C22H22N2O/c1-17(24-22(25)13-12-18-7-3-2-4-8-18)19-9-5-10-20(15-19)21-11-6-14-23-16-21/h2-11,14-17H,12-13H2,1H3,(H,24,25). The number of pyridine rings is 1. The summed E-state index contributed by atoms with van der Waals surface area (Å²) in [6.07, 6.45) is 4.87. The number of rotatable bonds is 6. The van der Waals surface area contributed by atoms with Crippen LogP contribution in [0.4, 0.5) is 0 Å². The second-order valence-electron chi connectivity index (χ2n) is 6.14. The van der Waals surface area contributed by atoms with Crippen molar-refractivity contribution in [3.63, 3.8) is 0 Å². The predicted molar refractivity (Wildman–Crippen MR) is 101 cm³/mol. The highest BCUT2D eigenvalue weighted by Gasteiger charge is 2.10. The SMILES string of the molecule is CC(NC(=O)CCc1ccccc1)c1cccc(-c2cccnc2)c1. The fourth-order valence-electron chi connectivity index (χ4n) is 2.82. The third kappa shape index (κ3) is 4.77. The van der Waals surface area contributed by atoms with Gasteiger partial charge in [0.2, 0.25) is 5.91 Å². The van der Waals surface area contributed by atoms with E-state index >= 15 is 0 Å². The fourth-order valence-corrected chi connectivity index (χ4v) is 2.82. The lowest BCUT2D eigenvalue weighted by Gasteiger charge is -2.15. The Morgan fingerprint density at radius 1 is 1.00 bits per heavy atom. The Labute approximate surface area is 148 Å². The van der Waals surface area contributed by atoms with E-state index in [0.29, 0.717) is 6.42 Å². The number of benzene rings is 2. The van der Waals surface area contributed by atoms with Gasteiger partial charge in [0.1, 0.15) is 0 Å². The molecular weight excluding hydrogens is 308 g/mol. The first-order valence-electron chi connectivity index (χ1n) is 8.56. The zero-order valence-corrected chi connectivity index (χ0v) is 14.4. The van der Waals surface area contributed by atoms with Crippen molar-refractivity contribution in [2.45, 2.75) is 25.8 Å². The van der Waals surface area contributed by atoms with E-state index < -0.39 is 0 Å². The van der Waals surface area contributed by atoms with Gasteiger partial charge in [0.05, 0.1) is 6.04 Å². The normalized spacial score (nSPS) is 11.7. The first-order valence-corrected chi connectivity index (χ1v) is 8.56. The molecule has 1 aromatic heterocycles. The highest BCUT2D eigenvalue weighted by atomic mass is 16.1. The molecule has 1 N–H and O–H groups in total. The molecule has 126 valence electrons. The summed E-state index contributed by atoms with van der Waals surface area (Å²) in [6, 6.07) is 22.3. The van der Waals surface area contributed by atoms with Crippen LogP contribution in [0, 0.1) is 0 Å². The molecule has 1 atom stereocenters. The molecule has 25 heavy (non-hydrogen) atoms. The summed E-state index contributed by atoms with van der Waals surface area (Å²) >= 11 is 0. The topological polar surface area (TPSA) is 42.0 Å². The molecule has 0 aliphatic rings. The van der Waals surface area contributed by atoms with Gasteiger partial charge in [-0.15, -0.1) is 0 Å². The van der Waals surface area contributed by atoms with Crippen LogP contribution in [0.3, 0.4) is 0 Å². The minimum absolute atomic E-state index is 0.0279. The van der Waals surface area contributed by atoms with E-state index in [-0.39, 0.29) is 11.9 Å². The monoisotopic (exact) mass is 330 g/mol. The molecule has 0 radical (unpaired) electrons. The minimum atomic E-state index is -0.0279. The van der Waals surface area contributed by atoms with E-state index in [1.165, 1.54) is 5.56 Å². The molecule has 1 heterocycles. The van der Waals surface area contributed by atoms with Crippen molar-refractivity contribution >= 4 is 5.91 Å². The maximum Gasteiger partial charge on any atom is 0.220 e. The van der Waals surface area contributed by atoms with Crippen molar-refractivity contribution in [2.24, 2.45) is 0 Å². The predicted octanol–water partition coefficient (Wildman–Crippen LogP) is 4.56. The zero-order valence-electron chi connectivity index (χ0n) is 14.4. The first-order chi connectivity index (χ1) is 12.2. The number of hydrogen-bond donors (Lipinski definition) is 1. The second-order valence-corrected chi connectivity index (χ2v) is 6.14. The summed E-state index contributed by atoms with van der Waals surface area (Å²) in [5.74, 6) is 0.0723. The Kier molecular flexibility index (Phi) is 5.57. The average Bonchev–Trinajstić information content (AvgIpc) is 2.68. The van der Waals surface area contributed by atoms with E-state index in [1.807, 2.05) is 67.7 Å². The van der Waals surface area contributed by atoms with E-state index in [2.05, 4.69) is 22.4 Å². The maximum atomic E-state index is 12.2. The van der Waals surface area contributed by atoms with E-state index in [0.717, 1.165) is 23.1 Å². The van der Waals surface area contributed by atoms with E-state index in [9.17, 15) is 4.79 Å². The lowest BCUT2D eigenvalue weighted by Crippen LogP contribution is -2.26. The highest BCUT2D eigenvalue weighted by Crippen LogP contribution is 2.22. The lowest BCUT2D eigenvalue weighted by molar-refractivity contribution is -0.121. The summed E-state index contributed by atoms with van der Waals surface area (Å²) < 4.78 is 0. The molecule has 0 aliphatic carbocycles. The van der Waals surface area contributed by atoms with E-state index in [1.54, 1.807) is 6.20 Å². The molecule has 3 aromatic rings. The fraction of sp³-hybridized carbons (Fsp3) is 0.182. The Morgan fingerprint density at radius 3 is 2.56 bits per heavy atom. The van der Waals surface area contributed by atoms with Crippen molar-refractivity contribution in [2.75, 3.05) is 0 Å². The number of carbonyl (C=O) groups is 1. The Hall–Kier alpha value is -2.94. The summed E-state index contributed by atoms with van der Waals surface area (Å²) in [6.45, 7) is 2.02. The third-order valence-electron chi connectivity index (χ3n) is 4.24. The quantitative estimate of drug-likeness (QED) is 0.720. The first kappa shape index (κ1) is 16.9. The van der Waals surface area contributed by atoms with Gasteiger partial charge < -0.3 is 5.32 Å². The van der Waals surface area contributed by atoms with Gasteiger partial charge in [-0.1, -0.05) is 54.6 Å². The number of amides is 1. The minimum Gasteiger partial charge on any atom is -0.350 e. The van der Waals surface area contributed by atoms with Crippen LogP contribution < -0.4 is 5.32 Å². The van der Waals surface area contributed by atoms with Crippen LogP contribution in [0.25, 0.3) is 11.1 Å². The van der Waals surface area contributed by atoms with Crippen LogP contribution in [-0.4, -0.2) is 10.9 Å². The van der Waals surface area contributed by atoms with Crippen LogP contribution in [0.2, 0.25) is 0 Å². The molecule has 1 unspecified atom stereocenters. The van der Waals surface area contributed by atoms with Crippen molar-refractivity contribution in [1.29, 1.82) is 0 Å². The van der Waals surface area contributed by atoms with Gasteiger partial charge in [-0.25, -0.2) is 0 Å². The van der Waals surface area contributed by atoms with Crippen LogP contribution in [0.1, 0.15) is 30.5 Å². The number of aryl methyl sites for hydroxylation is 1. The number of aromatic nitrogens is 1. The van der Waals surface area contributed by atoms with Gasteiger partial charge in [-0.3, -0.25) is 9.78 Å². The third-order valence-corrected chi connectivity index (χ3v) is 4.24. The van der Waals surface area contributed by atoms with Gasteiger partial charge in [0.15, 0.2) is 0 Å². The molecule has 1 amide bonds. The van der Waals surface area contributed by atoms with E-state index in [4.69, 9.17) is 0 Å². The van der Waals surface area contributed by atoms with Crippen LogP contribution in [-0.2, 0) is 11.2 Å². The molecule has 0 bridgehead atoms. The van der Waals surface area contributed by atoms with Crippen molar-refractivity contribution in [3.05, 3.63) is 90.3 Å². The molecule has 0 spiro atoms. The van der Waals surface area contributed by atoms with Gasteiger partial charge in [0.25, 0.3) is 0 Å². The Bertz CT molecular complexity index is 816. The highest BCUT2D eigenvalue weighted by molar-refractivity contribution is 5.76. The lowest BCUT2D eigenvalue weighted by atomic mass is 10.0. The van der Waals surface area contributed by atoms with Crippen molar-refractivity contribution in [1.82, 2.24) is 10.3 Å². The Morgan fingerprint density at radius 2 is 1.80 bits per heavy atom. The molecule has 0 saturated carbocycles. The van der Waals surface area contributed by atoms with Gasteiger partial charge in [-0.2, -0.15) is 0 Å². The van der Waals surface area contributed by atoms with Gasteiger partial charge in [0, 0.05) is 18.8 Å². The number of carbonyl (C=O) groups excluding carboxylic acids is 1. The molecule has 3 rings (SSSR count). The maximum absolute atomic E-state index is 12.2. The molecule has 2 aromatic carbocycles. The molecule has 0 aliphatic heterocycles. The molecule has 0 fully saturated rings. The van der Waals surface area contributed by atoms with Crippen LogP contribution >= 0.6 is 0 Å². The smallest absolute Gasteiger partial charge is 0.220 e. The largest absolute Gasteiger partial charge is 0.350 e. The molecule has 3 heteroatoms. The summed E-state index contributed by atoms with van der Waals surface area (Å²) in [4.78, 5) is 16.4. The van der Waals surface area contributed by atoms with Crippen LogP contribution in [0.15, 0.2) is 79.1 Å². The number of nitrogens with one attached hydrogen (secondary N) is 1. The van der Waals surface area contributed by atoms with Gasteiger partial charge in [-0.05, 0) is 47.7 Å². The summed E-state index contributed by atoms with van der Waals surface area (Å²) in [7, 11) is 0. The van der Waals surface area contributed by atoms with Crippen molar-refractivity contribution < 1.29 is 4.79 Å². The second kappa shape index (κ2) is 8.25. The summed E-state index contributed by atoms with van der Waals surface area (Å²) in [5.41, 5.74) is 4.46. The molecule has 3 nitrogen and oxygen atoms in total. The number of hydrogen-bond acceptors (Lipinski definition) is 2. The van der Waals surface area contributed by atoms with Gasteiger partial charge >= 0.3 is 0 Å². The number of nitrogens with zero attached hydrogens (tertiary/aromatic N) is 1. The Balaban J connectivity index is 1.61. The van der Waals surface area contributed by atoms with Crippen molar-refractivity contribution in [3.8, 4) is 11.1 Å².